The van der Waals surface area contributed by atoms with Crippen molar-refractivity contribution in [3.63, 3.8) is 0 Å². The van der Waals surface area contributed by atoms with Crippen molar-refractivity contribution in [2.45, 2.75) is 10.9 Å². The highest BCUT2D eigenvalue weighted by Gasteiger charge is 2.13. The largest absolute Gasteiger partial charge is 0.331 e. The Kier molecular flexibility index (Phi) is 2.71. The number of sulfonamides is 1. The highest BCUT2D eigenvalue weighted by Crippen LogP contribution is 2.05. The fraction of sp³-hybridized carbons (Fsp3) is 0.400. The van der Waals surface area contributed by atoms with Crippen LogP contribution in [0.15, 0.2) is 11.2 Å². The average Bonchev–Trinajstić information content (AvgIpc) is 2.52. The Labute approximate surface area is 75.2 Å². The lowest BCUT2D eigenvalue weighted by Gasteiger charge is -1.95. The van der Waals surface area contributed by atoms with Crippen molar-refractivity contribution in [2.75, 3.05) is 7.05 Å². The number of H-pyrrole nitrogens is 1. The standard InChI is InChI=1S/C5H8ClN3O2S/c1-7-12(10,11)5-3-8-4(2-6)9-5/h3,7H,2H2,1H3,(H,8,9). The number of aromatic nitrogens is 2. The van der Waals surface area contributed by atoms with E-state index in [2.05, 4.69) is 14.7 Å². The molecule has 0 saturated carbocycles. The number of nitrogens with zero attached hydrogens (tertiary/aromatic N) is 1. The first-order valence-electron chi connectivity index (χ1n) is 3.13. The predicted octanol–water partition coefficient (Wildman–Crippen LogP) is 0.0566. The molecule has 1 heterocycles. The summed E-state index contributed by atoms with van der Waals surface area (Å²) in [4.78, 5) is 6.30. The monoisotopic (exact) mass is 209 g/mol. The summed E-state index contributed by atoms with van der Waals surface area (Å²) >= 11 is 5.42. The minimum Gasteiger partial charge on any atom is -0.331 e. The number of alkyl halides is 1. The molecular weight excluding hydrogens is 202 g/mol. The summed E-state index contributed by atoms with van der Waals surface area (Å²) in [7, 11) is -2.08. The van der Waals surface area contributed by atoms with Gasteiger partial charge in [-0.3, -0.25) is 0 Å². The normalized spacial score (nSPS) is 11.8. The minimum absolute atomic E-state index is 0.0284. The molecule has 0 unspecified atom stereocenters. The molecule has 0 aliphatic rings. The molecule has 0 saturated heterocycles. The molecule has 1 aromatic heterocycles. The first kappa shape index (κ1) is 9.50. The van der Waals surface area contributed by atoms with Gasteiger partial charge in [-0.2, -0.15) is 0 Å². The number of hydrogen-bond acceptors (Lipinski definition) is 3. The molecule has 0 bridgehead atoms. The molecule has 2 N–H and O–H groups in total. The molecule has 1 aromatic rings. The molecule has 0 fully saturated rings. The van der Waals surface area contributed by atoms with E-state index in [0.29, 0.717) is 5.82 Å². The first-order valence-corrected chi connectivity index (χ1v) is 5.15. The zero-order valence-electron chi connectivity index (χ0n) is 6.33. The molecule has 0 atom stereocenters. The van der Waals surface area contributed by atoms with Crippen LogP contribution in [0.4, 0.5) is 0 Å². The number of aromatic amines is 1. The van der Waals surface area contributed by atoms with E-state index in [4.69, 9.17) is 11.6 Å². The molecular formula is C5H8ClN3O2S. The van der Waals surface area contributed by atoms with Gasteiger partial charge in [-0.1, -0.05) is 0 Å². The van der Waals surface area contributed by atoms with Gasteiger partial charge in [0.05, 0.1) is 12.1 Å². The van der Waals surface area contributed by atoms with Crippen LogP contribution in [-0.4, -0.2) is 25.4 Å². The molecule has 0 aliphatic carbocycles. The predicted molar refractivity (Wildman–Crippen MR) is 44.4 cm³/mol. The molecule has 68 valence electrons. The van der Waals surface area contributed by atoms with Gasteiger partial charge < -0.3 is 4.98 Å². The van der Waals surface area contributed by atoms with E-state index in [1.165, 1.54) is 13.2 Å². The van der Waals surface area contributed by atoms with E-state index in [1.807, 2.05) is 0 Å². The SMILES string of the molecule is CNS(=O)(=O)c1cnc(CCl)[nH]1. The van der Waals surface area contributed by atoms with Crippen LogP contribution in [0, 0.1) is 0 Å². The Morgan fingerprint density at radius 3 is 2.83 bits per heavy atom. The second-order valence-corrected chi connectivity index (χ2v) is 4.16. The average molecular weight is 210 g/mol. The Balaban J connectivity index is 3.05. The highest BCUT2D eigenvalue weighted by atomic mass is 35.5. The Morgan fingerprint density at radius 2 is 2.42 bits per heavy atom. The first-order chi connectivity index (χ1) is 5.60. The topological polar surface area (TPSA) is 74.8 Å². The number of hydrogen-bond donors (Lipinski definition) is 2. The van der Waals surface area contributed by atoms with Gasteiger partial charge in [-0.15, -0.1) is 11.6 Å². The summed E-state index contributed by atoms with van der Waals surface area (Å²) in [6.07, 6.45) is 1.23. The second-order valence-electron chi connectivity index (χ2n) is 2.04. The van der Waals surface area contributed by atoms with Crippen LogP contribution in [0.5, 0.6) is 0 Å². The molecule has 0 radical (unpaired) electrons. The molecule has 12 heavy (non-hydrogen) atoms. The Hall–Kier alpha value is -0.590. The van der Waals surface area contributed by atoms with Crippen molar-refractivity contribution in [1.29, 1.82) is 0 Å². The lowest BCUT2D eigenvalue weighted by atomic mass is 10.7. The van der Waals surface area contributed by atoms with Crippen LogP contribution < -0.4 is 4.72 Å². The van der Waals surface area contributed by atoms with E-state index < -0.39 is 10.0 Å². The maximum Gasteiger partial charge on any atom is 0.257 e. The Morgan fingerprint density at radius 1 is 1.75 bits per heavy atom. The quantitative estimate of drug-likeness (QED) is 0.692. The fourth-order valence-electron chi connectivity index (χ4n) is 0.658. The van der Waals surface area contributed by atoms with Gasteiger partial charge in [0.15, 0.2) is 5.03 Å². The van der Waals surface area contributed by atoms with E-state index in [1.54, 1.807) is 0 Å². The maximum absolute atomic E-state index is 11.1. The summed E-state index contributed by atoms with van der Waals surface area (Å²) in [5.41, 5.74) is 0. The van der Waals surface area contributed by atoms with Crippen molar-refractivity contribution in [3.05, 3.63) is 12.0 Å². The molecule has 0 amide bonds. The lowest BCUT2D eigenvalue weighted by molar-refractivity contribution is 0.585. The summed E-state index contributed by atoms with van der Waals surface area (Å²) < 4.78 is 24.4. The highest BCUT2D eigenvalue weighted by molar-refractivity contribution is 7.89. The van der Waals surface area contributed by atoms with E-state index >= 15 is 0 Å². The summed E-state index contributed by atoms with van der Waals surface area (Å²) in [5.74, 6) is 0.602. The summed E-state index contributed by atoms with van der Waals surface area (Å²) in [6.45, 7) is 0. The van der Waals surface area contributed by atoms with E-state index in [9.17, 15) is 8.42 Å². The molecule has 1 rings (SSSR count). The minimum atomic E-state index is -3.41. The Bertz CT molecular complexity index is 359. The smallest absolute Gasteiger partial charge is 0.257 e. The summed E-state index contributed by atoms with van der Waals surface area (Å²) in [6, 6.07) is 0. The molecule has 7 heteroatoms. The van der Waals surface area contributed by atoms with Gasteiger partial charge in [0.1, 0.15) is 5.82 Å². The van der Waals surface area contributed by atoms with Gasteiger partial charge in [0.2, 0.25) is 0 Å². The number of nitrogens with one attached hydrogen (secondary N) is 2. The van der Waals surface area contributed by atoms with Crippen LogP contribution in [0.1, 0.15) is 5.82 Å². The number of rotatable bonds is 3. The van der Waals surface area contributed by atoms with Gasteiger partial charge in [-0.05, 0) is 7.05 Å². The van der Waals surface area contributed by atoms with Crippen molar-refractivity contribution in [1.82, 2.24) is 14.7 Å². The third kappa shape index (κ3) is 1.77. The fourth-order valence-corrected chi connectivity index (χ4v) is 1.46. The van der Waals surface area contributed by atoms with Crippen molar-refractivity contribution < 1.29 is 8.42 Å². The van der Waals surface area contributed by atoms with E-state index in [0.717, 1.165) is 0 Å². The van der Waals surface area contributed by atoms with Crippen molar-refractivity contribution in [2.24, 2.45) is 0 Å². The van der Waals surface area contributed by atoms with Crippen molar-refractivity contribution in [3.8, 4) is 0 Å². The third-order valence-corrected chi connectivity index (χ3v) is 2.87. The molecule has 0 spiro atoms. The molecule has 0 aliphatic heterocycles. The zero-order chi connectivity index (χ0) is 9.19. The third-order valence-electron chi connectivity index (χ3n) is 1.29. The van der Waals surface area contributed by atoms with Crippen LogP contribution >= 0.6 is 11.6 Å². The van der Waals surface area contributed by atoms with Gasteiger partial charge in [0.25, 0.3) is 10.0 Å². The maximum atomic E-state index is 11.1. The van der Waals surface area contributed by atoms with E-state index in [-0.39, 0.29) is 10.9 Å². The van der Waals surface area contributed by atoms with Gasteiger partial charge >= 0.3 is 0 Å². The van der Waals surface area contributed by atoms with Gasteiger partial charge in [-0.25, -0.2) is 18.1 Å². The van der Waals surface area contributed by atoms with Crippen molar-refractivity contribution >= 4 is 21.6 Å². The number of halogens is 1. The number of imidazole rings is 1. The molecule has 5 nitrogen and oxygen atoms in total. The van der Waals surface area contributed by atoms with Crippen LogP contribution in [0.25, 0.3) is 0 Å². The van der Waals surface area contributed by atoms with Gasteiger partial charge in [0, 0.05) is 0 Å². The zero-order valence-corrected chi connectivity index (χ0v) is 7.91. The van der Waals surface area contributed by atoms with Crippen LogP contribution in [0.2, 0.25) is 0 Å². The molecule has 0 aromatic carbocycles. The lowest BCUT2D eigenvalue weighted by Crippen LogP contribution is -2.18. The second kappa shape index (κ2) is 3.42. The van der Waals surface area contributed by atoms with Crippen LogP contribution in [-0.2, 0) is 15.9 Å². The van der Waals surface area contributed by atoms with Crippen LogP contribution in [0.3, 0.4) is 0 Å². The summed E-state index contributed by atoms with van der Waals surface area (Å²) in [5, 5.41) is 0.0284.